The maximum atomic E-state index is 14.7. The molecule has 1 aromatic heterocycles. The number of pyridine rings is 1. The van der Waals surface area contributed by atoms with Crippen molar-refractivity contribution in [3.63, 3.8) is 0 Å². The Kier molecular flexibility index (Phi) is 7.80. The van der Waals surface area contributed by atoms with Crippen LogP contribution in [-0.2, 0) is 4.84 Å². The Labute approximate surface area is 184 Å². The zero-order valence-electron chi connectivity index (χ0n) is 17.5. The first-order chi connectivity index (χ1) is 14.9. The topological polar surface area (TPSA) is 135 Å². The van der Waals surface area contributed by atoms with Crippen molar-refractivity contribution in [3.05, 3.63) is 47.4 Å². The van der Waals surface area contributed by atoms with E-state index in [0.29, 0.717) is 21.7 Å². The summed E-state index contributed by atoms with van der Waals surface area (Å²) in [7, 11) is 3.09. The fraction of sp³-hybridized carbons (Fsp3) is 0.350. The van der Waals surface area contributed by atoms with E-state index in [2.05, 4.69) is 15.4 Å². The molecule has 2 aromatic rings. The molecule has 1 fully saturated rings. The largest absolute Gasteiger partial charge is 0.321 e. The number of nitrogens with two attached hydrogens (primary N) is 3. The molecule has 1 saturated carbocycles. The van der Waals surface area contributed by atoms with Gasteiger partial charge in [-0.2, -0.15) is 10.6 Å². The van der Waals surface area contributed by atoms with Gasteiger partial charge in [-0.05, 0) is 48.2 Å². The number of amidine groups is 1. The van der Waals surface area contributed by atoms with Gasteiger partial charge >= 0.3 is 0 Å². The Balaban J connectivity index is 1.86. The minimum absolute atomic E-state index is 0.118. The number of hydrogen-bond donors (Lipinski definition) is 4. The predicted molar refractivity (Wildman–Crippen MR) is 118 cm³/mol. The number of hydrazone groups is 1. The van der Waals surface area contributed by atoms with E-state index >= 15 is 0 Å². The van der Waals surface area contributed by atoms with Gasteiger partial charge in [0, 0.05) is 30.3 Å². The van der Waals surface area contributed by atoms with Gasteiger partial charge < -0.3 is 11.2 Å². The Bertz CT molecular complexity index is 965. The maximum absolute atomic E-state index is 14.7. The number of carbonyl (C=O) groups is 1. The number of thioether (sulfide) groups is 1. The van der Waals surface area contributed by atoms with Crippen LogP contribution in [0.5, 0.6) is 0 Å². The molecule has 0 unspecified atom stereocenters. The van der Waals surface area contributed by atoms with Crippen molar-refractivity contribution in [1.82, 2.24) is 9.99 Å². The molecule has 0 bridgehead atoms. The van der Waals surface area contributed by atoms with Crippen LogP contribution in [0.2, 0.25) is 0 Å². The molecule has 166 valence electrons. The first kappa shape index (κ1) is 22.9. The molecule has 1 aliphatic rings. The molecule has 0 radical (unpaired) electrons. The highest BCUT2D eigenvalue weighted by Crippen LogP contribution is 2.34. The van der Waals surface area contributed by atoms with E-state index in [1.807, 2.05) is 0 Å². The number of quaternary nitrogens is 1. The van der Waals surface area contributed by atoms with Crippen molar-refractivity contribution in [2.24, 2.45) is 16.8 Å². The van der Waals surface area contributed by atoms with Crippen molar-refractivity contribution in [2.75, 3.05) is 19.5 Å². The Morgan fingerprint density at radius 1 is 1.39 bits per heavy atom. The molecular weight excluding hydrogens is 421 g/mol. The first-order valence-corrected chi connectivity index (χ1v) is 10.7. The molecule has 1 amide bonds. The van der Waals surface area contributed by atoms with E-state index in [1.54, 1.807) is 31.4 Å². The van der Waals surface area contributed by atoms with Crippen molar-refractivity contribution < 1.29 is 19.5 Å². The molecule has 0 saturated heterocycles. The number of rotatable bonds is 6. The van der Waals surface area contributed by atoms with Crippen LogP contribution < -0.4 is 22.5 Å². The minimum Gasteiger partial charge on any atom is -0.321 e. The summed E-state index contributed by atoms with van der Waals surface area (Å²) in [6.07, 6.45) is 6.01. The number of amides is 1. The molecular formula is C20H27FN7O2S+. The fourth-order valence-corrected chi connectivity index (χ4v) is 4.30. The summed E-state index contributed by atoms with van der Waals surface area (Å²) >= 11 is 1.11. The molecule has 7 N–H and O–H groups in total. The molecule has 0 atom stereocenters. The molecule has 11 heteroatoms. The normalized spacial score (nSPS) is 14.6. The highest BCUT2D eigenvalue weighted by molar-refractivity contribution is 8.13. The maximum Gasteiger partial charge on any atom is 0.258 e. The lowest BCUT2D eigenvalue weighted by Crippen LogP contribution is -2.75. The third kappa shape index (κ3) is 5.70. The highest BCUT2D eigenvalue weighted by atomic mass is 32.2. The molecule has 3 rings (SSSR count). The summed E-state index contributed by atoms with van der Waals surface area (Å²) in [6, 6.07) is 6.57. The number of hydrazine groups is 1. The van der Waals surface area contributed by atoms with Crippen LogP contribution in [0, 0.1) is 5.82 Å². The molecule has 1 aliphatic carbocycles. The number of nitrogens with zero attached hydrogens (tertiary/aromatic N) is 3. The van der Waals surface area contributed by atoms with Crippen LogP contribution >= 0.6 is 11.8 Å². The van der Waals surface area contributed by atoms with Gasteiger partial charge in [-0.3, -0.25) is 9.80 Å². The standard InChI is InChI=1S/C20H26FN7O2S/c1-28(23)20(26-22)31-17-8-7-14(27-30-2)10-15(17)19(29)25-18-16(21)9-13(11-24-18)12-5-3-4-6-12/h7-12,27H,3-6,22-23H2,1-2H3,(H,24,25,29)/p+1/b26-20+. The van der Waals surface area contributed by atoms with Gasteiger partial charge in [-0.1, -0.05) is 12.8 Å². The van der Waals surface area contributed by atoms with E-state index in [0.717, 1.165) is 43.0 Å². The number of hydrogen-bond acceptors (Lipinski definition) is 7. The summed E-state index contributed by atoms with van der Waals surface area (Å²) in [5.41, 5.74) is 3.30. The number of halogens is 1. The second-order valence-electron chi connectivity index (χ2n) is 7.27. The number of aromatic nitrogens is 1. The summed E-state index contributed by atoms with van der Waals surface area (Å²) in [4.78, 5) is 22.8. The van der Waals surface area contributed by atoms with Gasteiger partial charge in [-0.15, -0.1) is 0 Å². The summed E-state index contributed by atoms with van der Waals surface area (Å²) in [5, 5.41) is 7.73. The van der Waals surface area contributed by atoms with Gasteiger partial charge in [0.25, 0.3) is 5.91 Å². The predicted octanol–water partition coefficient (Wildman–Crippen LogP) is 2.01. The number of anilines is 1. The molecule has 0 spiro atoms. The Morgan fingerprint density at radius 3 is 2.74 bits per heavy atom. The Morgan fingerprint density at radius 2 is 2.13 bits per heavy atom. The van der Waals surface area contributed by atoms with Crippen LogP contribution in [0.3, 0.4) is 0 Å². The summed E-state index contributed by atoms with van der Waals surface area (Å²) in [6.45, 7) is 0. The third-order valence-electron chi connectivity index (χ3n) is 5.04. The van der Waals surface area contributed by atoms with Crippen molar-refractivity contribution in [3.8, 4) is 0 Å². The smallest absolute Gasteiger partial charge is 0.258 e. The zero-order chi connectivity index (χ0) is 22.4. The van der Waals surface area contributed by atoms with Crippen molar-refractivity contribution in [2.45, 2.75) is 36.5 Å². The Hall–Kier alpha value is -2.73. The SMILES string of the molecule is CO[NH2+]c1ccc(S/C(=N/N)N(C)N)c(C(=O)Nc2ncc(C3CCCC3)cc2F)c1. The zero-order valence-corrected chi connectivity index (χ0v) is 18.3. The second kappa shape index (κ2) is 10.5. The minimum atomic E-state index is -0.558. The van der Waals surface area contributed by atoms with Gasteiger partial charge in [0.1, 0.15) is 0 Å². The lowest BCUT2D eigenvalue weighted by atomic mass is 9.99. The van der Waals surface area contributed by atoms with E-state index < -0.39 is 11.7 Å². The fourth-order valence-electron chi connectivity index (χ4n) is 3.51. The van der Waals surface area contributed by atoms with Crippen LogP contribution in [0.15, 0.2) is 40.5 Å². The molecule has 9 nitrogen and oxygen atoms in total. The number of benzene rings is 1. The lowest BCUT2D eigenvalue weighted by molar-refractivity contribution is -0.830. The van der Waals surface area contributed by atoms with Crippen molar-refractivity contribution in [1.29, 1.82) is 0 Å². The highest BCUT2D eigenvalue weighted by Gasteiger charge is 2.22. The number of nitrogens with one attached hydrogen (secondary N) is 1. The van der Waals surface area contributed by atoms with Gasteiger partial charge in [-0.25, -0.2) is 20.1 Å². The van der Waals surface area contributed by atoms with Crippen molar-refractivity contribution >= 4 is 34.3 Å². The van der Waals surface area contributed by atoms with Gasteiger partial charge in [0.15, 0.2) is 17.3 Å². The average molecular weight is 449 g/mol. The second-order valence-corrected chi connectivity index (χ2v) is 8.28. The molecule has 1 aromatic carbocycles. The summed E-state index contributed by atoms with van der Waals surface area (Å²) in [5.74, 6) is 10.2. The van der Waals surface area contributed by atoms with E-state index in [4.69, 9.17) is 16.5 Å². The molecule has 31 heavy (non-hydrogen) atoms. The van der Waals surface area contributed by atoms with E-state index in [9.17, 15) is 9.18 Å². The average Bonchev–Trinajstić information content (AvgIpc) is 3.29. The summed E-state index contributed by atoms with van der Waals surface area (Å²) < 4.78 is 14.7. The number of carbonyl (C=O) groups excluding carboxylic acids is 1. The van der Waals surface area contributed by atoms with Crippen LogP contribution in [0.4, 0.5) is 15.9 Å². The first-order valence-electron chi connectivity index (χ1n) is 9.84. The van der Waals surface area contributed by atoms with Gasteiger partial charge in [0.05, 0.1) is 12.7 Å². The van der Waals surface area contributed by atoms with Crippen LogP contribution in [0.25, 0.3) is 0 Å². The molecule has 1 heterocycles. The van der Waals surface area contributed by atoms with E-state index in [-0.39, 0.29) is 11.4 Å². The van der Waals surface area contributed by atoms with E-state index in [1.165, 1.54) is 23.7 Å². The van der Waals surface area contributed by atoms with Gasteiger partial charge in [0.2, 0.25) is 5.17 Å². The molecule has 0 aliphatic heterocycles. The van der Waals surface area contributed by atoms with Crippen LogP contribution in [-0.4, -0.2) is 35.2 Å². The van der Waals surface area contributed by atoms with Crippen LogP contribution in [0.1, 0.15) is 47.5 Å². The lowest BCUT2D eigenvalue weighted by Gasteiger charge is -2.16. The third-order valence-corrected chi connectivity index (χ3v) is 6.19. The quantitative estimate of drug-likeness (QED) is 0.133. The monoisotopic (exact) mass is 448 g/mol.